The summed E-state index contributed by atoms with van der Waals surface area (Å²) in [7, 11) is 0. The van der Waals surface area contributed by atoms with Gasteiger partial charge >= 0.3 is 18.3 Å². The first-order valence-corrected chi connectivity index (χ1v) is 29.3. The van der Waals surface area contributed by atoms with Crippen molar-refractivity contribution < 1.29 is 33.9 Å². The van der Waals surface area contributed by atoms with Crippen molar-refractivity contribution in [3.63, 3.8) is 0 Å². The number of carboxylic acids is 1. The molecule has 11 nitrogen and oxygen atoms in total. The van der Waals surface area contributed by atoms with Crippen LogP contribution in [0.4, 0.5) is 0 Å². The number of carbonyl (C=O) groups excluding carboxylic acids is 5. The van der Waals surface area contributed by atoms with Gasteiger partial charge in [-0.05, 0) is 167 Å². The second kappa shape index (κ2) is 29.8. The molecule has 0 fully saturated rings. The molecule has 0 unspecified atom stereocenters. The third-order valence-electron chi connectivity index (χ3n) is 14.5. The highest BCUT2D eigenvalue weighted by Crippen LogP contribution is 2.35. The Hall–Kier alpha value is -8.54. The van der Waals surface area contributed by atoms with Crippen LogP contribution in [0.5, 0.6) is 0 Å². The number of carbonyl (C=O) groups is 2. The van der Waals surface area contributed by atoms with E-state index in [2.05, 4.69) is 217 Å². The van der Waals surface area contributed by atoms with Crippen LogP contribution in [0.2, 0.25) is 0 Å². The van der Waals surface area contributed by atoms with Crippen molar-refractivity contribution in [2.75, 3.05) is 0 Å². The van der Waals surface area contributed by atoms with E-state index in [-0.39, 0.29) is 41.1 Å². The molecule has 8 aromatic carbocycles. The van der Waals surface area contributed by atoms with Gasteiger partial charge in [-0.1, -0.05) is 195 Å². The number of hydrogen-bond acceptors (Lipinski definition) is 7. The number of nitrogens with one attached hydrogen (secondary N) is 1. The number of amides is 1. The number of carboxylic acid groups (broad SMARTS) is 1. The third kappa shape index (κ3) is 17.8. The van der Waals surface area contributed by atoms with Crippen LogP contribution >= 0.6 is 31.9 Å². The van der Waals surface area contributed by atoms with Crippen LogP contribution in [0.25, 0.3) is 44.1 Å². The highest BCUT2D eigenvalue weighted by molar-refractivity contribution is 9.10. The lowest BCUT2D eigenvalue weighted by Crippen LogP contribution is -2.26. The summed E-state index contributed by atoms with van der Waals surface area (Å²) >= 11 is 6.82. The summed E-state index contributed by atoms with van der Waals surface area (Å²) in [5, 5.41) is 14.4. The highest BCUT2D eigenvalue weighted by atomic mass is 79.9. The molecule has 13 heteroatoms. The van der Waals surface area contributed by atoms with Gasteiger partial charge in [0.25, 0.3) is 5.91 Å². The normalized spacial score (nSPS) is 11.6. The van der Waals surface area contributed by atoms with E-state index >= 15 is 0 Å². The van der Waals surface area contributed by atoms with Gasteiger partial charge in [0, 0.05) is 66.8 Å². The Balaban J connectivity index is 0.000000221. The molecule has 0 aliphatic carbocycles. The van der Waals surface area contributed by atoms with Crippen LogP contribution in [0.1, 0.15) is 133 Å². The largest absolute Gasteiger partial charge is 0.478 e. The van der Waals surface area contributed by atoms with Gasteiger partial charge in [-0.2, -0.15) is 19.2 Å². The Morgan fingerprint density at radius 1 is 0.518 bits per heavy atom. The minimum atomic E-state index is -0.895. The zero-order valence-electron chi connectivity index (χ0n) is 49.7. The second-order valence-electron chi connectivity index (χ2n) is 22.8. The smallest absolute Gasteiger partial charge is 0.373 e. The number of benzene rings is 8. The maximum absolute atomic E-state index is 13.0. The molecule has 85 heavy (non-hydrogen) atoms. The minimum Gasteiger partial charge on any atom is -0.478 e. The average Bonchev–Trinajstić information content (AvgIpc) is 4.24. The number of aromatic carboxylic acids is 1. The molecule has 0 saturated heterocycles. The van der Waals surface area contributed by atoms with Crippen LogP contribution < -0.4 is 11.1 Å². The average molecular weight is 1270 g/mol. The number of aromatic nitrogens is 2. The van der Waals surface area contributed by atoms with E-state index in [9.17, 15) is 14.7 Å². The van der Waals surface area contributed by atoms with Gasteiger partial charge < -0.3 is 25.3 Å². The summed E-state index contributed by atoms with van der Waals surface area (Å²) in [5.41, 5.74) is 23.7. The Labute approximate surface area is 515 Å². The molecule has 10 aromatic rings. The number of aryl methyl sites for hydroxylation is 2. The molecule has 0 saturated carbocycles. The predicted octanol–water partition coefficient (Wildman–Crippen LogP) is 17.2. The van der Waals surface area contributed by atoms with Crippen molar-refractivity contribution in [1.29, 1.82) is 0 Å². The van der Waals surface area contributed by atoms with Gasteiger partial charge in [0.05, 0.1) is 11.6 Å². The number of nitrogens with two attached hydrogens (primary N) is 1. The molecule has 0 radical (unpaired) electrons. The number of rotatable bonds is 11. The van der Waals surface area contributed by atoms with Crippen LogP contribution in [-0.4, -0.2) is 38.4 Å². The third-order valence-corrected chi connectivity index (χ3v) is 15.6. The van der Waals surface area contributed by atoms with E-state index in [4.69, 9.17) is 24.9 Å². The lowest BCUT2D eigenvalue weighted by molar-refractivity contribution is -0.193. The fourth-order valence-electron chi connectivity index (χ4n) is 10.1. The zero-order chi connectivity index (χ0) is 62.2. The van der Waals surface area contributed by atoms with Gasteiger partial charge in [-0.25, -0.2) is 4.79 Å². The molecule has 2 aromatic heterocycles. The fraction of sp³-hybridized carbons (Fsp3) is 0.222. The summed E-state index contributed by atoms with van der Waals surface area (Å²) in [6.07, 6.45) is 0.500. The fourth-order valence-corrected chi connectivity index (χ4v) is 10.6. The van der Waals surface area contributed by atoms with Gasteiger partial charge in [-0.3, -0.25) is 4.79 Å². The van der Waals surface area contributed by atoms with Gasteiger partial charge in [0.1, 0.15) is 0 Å². The molecule has 0 aliphatic rings. The molecule has 0 spiro atoms. The van der Waals surface area contributed by atoms with Crippen LogP contribution in [0.15, 0.2) is 203 Å². The summed E-state index contributed by atoms with van der Waals surface area (Å²) in [6, 6.07) is 66.6. The lowest BCUT2D eigenvalue weighted by Gasteiger charge is -2.23. The monoisotopic (exact) mass is 1260 g/mol. The molecule has 2 atom stereocenters. The summed E-state index contributed by atoms with van der Waals surface area (Å²) in [4.78, 5) is 56.8. The maximum atomic E-state index is 13.0. The predicted molar refractivity (Wildman–Crippen MR) is 346 cm³/mol. The van der Waals surface area contributed by atoms with Gasteiger partial charge in [-0.15, -0.1) is 0 Å². The van der Waals surface area contributed by atoms with Crippen LogP contribution in [-0.2, 0) is 43.1 Å². The van der Waals surface area contributed by atoms with Crippen LogP contribution in [0.3, 0.4) is 0 Å². The number of nitrogens with zero attached hydrogens (tertiary/aromatic N) is 2. The van der Waals surface area contributed by atoms with Gasteiger partial charge in [0.2, 0.25) is 0 Å². The van der Waals surface area contributed by atoms with Gasteiger partial charge in [0.15, 0.2) is 0 Å². The van der Waals surface area contributed by atoms with Crippen molar-refractivity contribution in [2.24, 2.45) is 5.73 Å². The Bertz CT molecular complexity index is 3940. The van der Waals surface area contributed by atoms with Crippen molar-refractivity contribution in [3.8, 4) is 22.3 Å². The Morgan fingerprint density at radius 3 is 1.26 bits per heavy atom. The second-order valence-corrected chi connectivity index (χ2v) is 24.7. The highest BCUT2D eigenvalue weighted by Gasteiger charge is 2.21. The first kappa shape index (κ1) is 65.6. The van der Waals surface area contributed by atoms with E-state index in [1.165, 1.54) is 55.8 Å². The molecule has 436 valence electrons. The molecule has 4 N–H and O–H groups in total. The molecule has 10 rings (SSSR count). The summed E-state index contributed by atoms with van der Waals surface area (Å²) in [6.45, 7) is 23.2. The molecule has 0 bridgehead atoms. The topological polar surface area (TPSA) is 171 Å². The van der Waals surface area contributed by atoms with E-state index in [1.807, 2.05) is 80.6 Å². The van der Waals surface area contributed by atoms with E-state index < -0.39 is 5.97 Å². The number of halogens is 2. The zero-order valence-corrected chi connectivity index (χ0v) is 52.8. The number of hydrogen-bond donors (Lipinski definition) is 3. The Kier molecular flexibility index (Phi) is 23.0. The first-order chi connectivity index (χ1) is 40.4. The molecular formula is C72H72Br2N4O7. The summed E-state index contributed by atoms with van der Waals surface area (Å²) < 4.78 is 6.67. The maximum Gasteiger partial charge on any atom is 0.373 e. The molecule has 1 amide bonds. The van der Waals surface area contributed by atoms with E-state index in [0.29, 0.717) is 11.1 Å². The number of fused-ring (bicyclic) bond motifs is 2. The Morgan fingerprint density at radius 2 is 0.882 bits per heavy atom. The van der Waals surface area contributed by atoms with Crippen molar-refractivity contribution >= 4 is 77.8 Å². The van der Waals surface area contributed by atoms with E-state index in [1.54, 1.807) is 12.1 Å². The SMILES string of the molecule is C[C@H](N)c1ccc(Br)cc1.Cc1cc2cc(C(=O)N[C@@H](C)c3ccc(Br)cc3)ccc2n1Cc1ccc(-c2ccccc2C(C)(C)C)cc1.Cc1cc2cc(C(=O)O)ccc2n1Cc1ccc(-c2ccccc2C(C)(C)C)cc1.O=C=O.O=C=O. The lowest BCUT2D eigenvalue weighted by atomic mass is 9.82. The molecule has 2 heterocycles. The van der Waals surface area contributed by atoms with Crippen LogP contribution in [0, 0.1) is 13.8 Å². The quantitative estimate of drug-likeness (QED) is 0.115. The standard InChI is InChI=1S/C35H35BrN2O.C27H27NO2.C8H10BrN.2CO2/c1-23-20-29-21-28(34(39)37-24(2)26-14-17-30(36)18-15-26)16-19-33(29)38(23)22-25-10-12-27(13-11-25)31-8-6-7-9-32(31)35(3,4)5;1-18-15-22-16-21(26(29)30)13-14-25(22)28(18)17-19-9-11-20(12-10-19)23-7-5-6-8-24(23)27(2,3)4;1-6(10)7-2-4-8(9)5-3-7;2*2-1-3/h6-21,24H,22H2,1-5H3,(H,37,39);5-16H,17H2,1-4H3,(H,29,30);2-6H,10H2,1H3;;/t24-;;6-;;/m0.0../s1. The van der Waals surface area contributed by atoms with Crippen molar-refractivity contribution in [3.05, 3.63) is 259 Å². The van der Waals surface area contributed by atoms with Crippen molar-refractivity contribution in [1.82, 2.24) is 14.5 Å². The molecular weight excluding hydrogens is 1190 g/mol. The van der Waals surface area contributed by atoms with E-state index in [0.717, 1.165) is 55.1 Å². The first-order valence-electron chi connectivity index (χ1n) is 27.7. The molecule has 0 aliphatic heterocycles. The van der Waals surface area contributed by atoms with Crippen molar-refractivity contribution in [2.45, 2.75) is 105 Å². The summed E-state index contributed by atoms with van der Waals surface area (Å²) in [5.74, 6) is -0.961. The minimum absolute atomic E-state index is 0.0659.